The van der Waals surface area contributed by atoms with Gasteiger partial charge in [-0.1, -0.05) is 15.9 Å². The Labute approximate surface area is 115 Å². The van der Waals surface area contributed by atoms with Crippen LogP contribution in [0.25, 0.3) is 0 Å². The number of morpholine rings is 1. The second kappa shape index (κ2) is 5.71. The first-order valence-corrected chi connectivity index (χ1v) is 6.68. The maximum Gasteiger partial charge on any atom is 0.415 e. The maximum atomic E-state index is 12.0. The fourth-order valence-corrected chi connectivity index (χ4v) is 2.64. The molecule has 0 aliphatic carbocycles. The van der Waals surface area contributed by atoms with Crippen molar-refractivity contribution in [3.05, 3.63) is 27.7 Å². The average Bonchev–Trinajstić information content (AvgIpc) is 2.34. The van der Waals surface area contributed by atoms with E-state index in [0.29, 0.717) is 32.1 Å². The Morgan fingerprint density at radius 3 is 2.39 bits per heavy atom. The van der Waals surface area contributed by atoms with Crippen LogP contribution in [0.3, 0.4) is 0 Å². The summed E-state index contributed by atoms with van der Waals surface area (Å²) in [5.74, 6) is 0.648. The van der Waals surface area contributed by atoms with Gasteiger partial charge in [-0.25, -0.2) is 4.79 Å². The van der Waals surface area contributed by atoms with Crippen molar-refractivity contribution >= 4 is 22.0 Å². The van der Waals surface area contributed by atoms with Crippen LogP contribution in [0, 0.1) is 13.8 Å². The molecule has 98 valence electrons. The third-order valence-corrected chi connectivity index (χ3v) is 3.34. The van der Waals surface area contributed by atoms with Gasteiger partial charge in [0.1, 0.15) is 5.75 Å². The molecule has 1 saturated heterocycles. The van der Waals surface area contributed by atoms with E-state index in [9.17, 15) is 4.79 Å². The summed E-state index contributed by atoms with van der Waals surface area (Å²) in [6.07, 6.45) is -0.299. The van der Waals surface area contributed by atoms with Crippen LogP contribution >= 0.6 is 15.9 Å². The predicted octanol–water partition coefficient (Wildman–Crippen LogP) is 2.90. The highest BCUT2D eigenvalue weighted by molar-refractivity contribution is 9.10. The molecule has 0 aromatic heterocycles. The Balaban J connectivity index is 2.11. The number of ether oxygens (including phenoxy) is 2. The first-order valence-electron chi connectivity index (χ1n) is 5.89. The van der Waals surface area contributed by atoms with Crippen molar-refractivity contribution in [2.75, 3.05) is 26.3 Å². The largest absolute Gasteiger partial charge is 0.415 e. The molecule has 0 atom stereocenters. The smallest absolute Gasteiger partial charge is 0.410 e. The molecule has 2 rings (SSSR count). The van der Waals surface area contributed by atoms with Crippen molar-refractivity contribution in [3.63, 3.8) is 0 Å². The van der Waals surface area contributed by atoms with Gasteiger partial charge >= 0.3 is 6.09 Å². The lowest BCUT2D eigenvalue weighted by atomic mass is 10.1. The number of halogens is 1. The van der Waals surface area contributed by atoms with Gasteiger partial charge in [0.15, 0.2) is 0 Å². The fraction of sp³-hybridized carbons (Fsp3) is 0.462. The van der Waals surface area contributed by atoms with Gasteiger partial charge in [0.05, 0.1) is 13.2 Å². The molecule has 1 amide bonds. The highest BCUT2D eigenvalue weighted by Gasteiger charge is 2.20. The standard InChI is InChI=1S/C13H16BrNO3/c1-9-7-11(14)8-10(2)12(9)18-13(16)15-3-5-17-6-4-15/h7-8H,3-6H2,1-2H3. The second-order valence-electron chi connectivity index (χ2n) is 4.34. The Morgan fingerprint density at radius 1 is 1.28 bits per heavy atom. The quantitative estimate of drug-likeness (QED) is 0.800. The first-order chi connectivity index (χ1) is 8.58. The van der Waals surface area contributed by atoms with Crippen molar-refractivity contribution in [2.45, 2.75) is 13.8 Å². The average molecular weight is 314 g/mol. The number of carbonyl (C=O) groups excluding carboxylic acids is 1. The molecule has 1 fully saturated rings. The van der Waals surface area contributed by atoms with E-state index in [0.717, 1.165) is 15.6 Å². The Hall–Kier alpha value is -1.07. The molecule has 0 N–H and O–H groups in total. The van der Waals surface area contributed by atoms with Crippen LogP contribution in [-0.2, 0) is 4.74 Å². The normalized spacial score (nSPS) is 15.6. The predicted molar refractivity (Wildman–Crippen MR) is 72.0 cm³/mol. The lowest BCUT2D eigenvalue weighted by molar-refractivity contribution is 0.0414. The number of aryl methyl sites for hydroxylation is 2. The second-order valence-corrected chi connectivity index (χ2v) is 5.25. The minimum Gasteiger partial charge on any atom is -0.410 e. The molecule has 5 heteroatoms. The van der Waals surface area contributed by atoms with E-state index in [1.807, 2.05) is 26.0 Å². The van der Waals surface area contributed by atoms with Crippen LogP contribution in [0.1, 0.15) is 11.1 Å². The summed E-state index contributed by atoms with van der Waals surface area (Å²) < 4.78 is 11.7. The molecule has 0 unspecified atom stereocenters. The Bertz CT molecular complexity index is 433. The topological polar surface area (TPSA) is 38.8 Å². The first kappa shape index (κ1) is 13.4. The van der Waals surface area contributed by atoms with Crippen LogP contribution in [0.2, 0.25) is 0 Å². The number of carbonyl (C=O) groups is 1. The van der Waals surface area contributed by atoms with E-state index in [1.54, 1.807) is 4.90 Å². The van der Waals surface area contributed by atoms with E-state index < -0.39 is 0 Å². The highest BCUT2D eigenvalue weighted by atomic mass is 79.9. The molecule has 4 nitrogen and oxygen atoms in total. The minimum absolute atomic E-state index is 0.299. The summed E-state index contributed by atoms with van der Waals surface area (Å²) in [6, 6.07) is 3.88. The number of hydrogen-bond donors (Lipinski definition) is 0. The number of rotatable bonds is 1. The van der Waals surface area contributed by atoms with Crippen LogP contribution in [0.5, 0.6) is 5.75 Å². The van der Waals surface area contributed by atoms with Gasteiger partial charge in [-0.15, -0.1) is 0 Å². The molecule has 1 aromatic rings. The van der Waals surface area contributed by atoms with Gasteiger partial charge in [-0.05, 0) is 37.1 Å². The van der Waals surface area contributed by atoms with Crippen molar-refractivity contribution in [3.8, 4) is 5.75 Å². The van der Waals surface area contributed by atoms with Crippen molar-refractivity contribution in [2.24, 2.45) is 0 Å². The van der Waals surface area contributed by atoms with Crippen molar-refractivity contribution in [1.29, 1.82) is 0 Å². The van der Waals surface area contributed by atoms with Gasteiger partial charge in [-0.2, -0.15) is 0 Å². The van der Waals surface area contributed by atoms with Crippen LogP contribution in [0.15, 0.2) is 16.6 Å². The van der Waals surface area contributed by atoms with E-state index in [2.05, 4.69) is 15.9 Å². The SMILES string of the molecule is Cc1cc(Br)cc(C)c1OC(=O)N1CCOCC1. The van der Waals surface area contributed by atoms with E-state index in [4.69, 9.17) is 9.47 Å². The third kappa shape index (κ3) is 3.03. The molecule has 18 heavy (non-hydrogen) atoms. The minimum atomic E-state index is -0.299. The Morgan fingerprint density at radius 2 is 1.83 bits per heavy atom. The molecular formula is C13H16BrNO3. The fourth-order valence-electron chi connectivity index (χ4n) is 1.96. The van der Waals surface area contributed by atoms with Gasteiger partial charge in [0.25, 0.3) is 0 Å². The van der Waals surface area contributed by atoms with Crippen molar-refractivity contribution < 1.29 is 14.3 Å². The van der Waals surface area contributed by atoms with Crippen LogP contribution in [-0.4, -0.2) is 37.3 Å². The zero-order valence-corrected chi connectivity index (χ0v) is 12.1. The van der Waals surface area contributed by atoms with Crippen LogP contribution in [0.4, 0.5) is 4.79 Å². The molecule has 0 saturated carbocycles. The number of hydrogen-bond acceptors (Lipinski definition) is 3. The number of amides is 1. The summed E-state index contributed by atoms with van der Waals surface area (Å²) in [7, 11) is 0. The van der Waals surface area contributed by atoms with Gasteiger partial charge in [0.2, 0.25) is 0 Å². The number of benzene rings is 1. The molecule has 0 spiro atoms. The molecule has 1 heterocycles. The highest BCUT2D eigenvalue weighted by Crippen LogP contribution is 2.27. The van der Waals surface area contributed by atoms with Gasteiger partial charge < -0.3 is 14.4 Å². The van der Waals surface area contributed by atoms with Gasteiger partial charge in [0, 0.05) is 17.6 Å². The molecular weight excluding hydrogens is 298 g/mol. The van der Waals surface area contributed by atoms with E-state index in [-0.39, 0.29) is 6.09 Å². The molecule has 1 aromatic carbocycles. The summed E-state index contributed by atoms with van der Waals surface area (Å²) in [4.78, 5) is 13.7. The maximum absolute atomic E-state index is 12.0. The monoisotopic (exact) mass is 313 g/mol. The lowest BCUT2D eigenvalue weighted by Gasteiger charge is -2.26. The van der Waals surface area contributed by atoms with E-state index >= 15 is 0 Å². The summed E-state index contributed by atoms with van der Waals surface area (Å²) >= 11 is 3.42. The molecule has 0 radical (unpaired) electrons. The number of nitrogens with zero attached hydrogens (tertiary/aromatic N) is 1. The Kier molecular flexibility index (Phi) is 4.24. The zero-order valence-electron chi connectivity index (χ0n) is 10.5. The summed E-state index contributed by atoms with van der Waals surface area (Å²) in [6.45, 7) is 6.20. The van der Waals surface area contributed by atoms with Gasteiger partial charge in [-0.3, -0.25) is 0 Å². The molecule has 1 aliphatic heterocycles. The van der Waals surface area contributed by atoms with E-state index in [1.165, 1.54) is 0 Å². The van der Waals surface area contributed by atoms with Crippen LogP contribution < -0.4 is 4.74 Å². The summed E-state index contributed by atoms with van der Waals surface area (Å²) in [5.41, 5.74) is 1.90. The lowest BCUT2D eigenvalue weighted by Crippen LogP contribution is -2.42. The molecule has 0 bridgehead atoms. The zero-order chi connectivity index (χ0) is 13.1. The summed E-state index contributed by atoms with van der Waals surface area (Å²) in [5, 5.41) is 0. The molecule has 1 aliphatic rings. The third-order valence-electron chi connectivity index (χ3n) is 2.88. The van der Waals surface area contributed by atoms with Crippen molar-refractivity contribution in [1.82, 2.24) is 4.90 Å².